The highest BCUT2D eigenvalue weighted by molar-refractivity contribution is 14.0. The first-order valence-corrected chi connectivity index (χ1v) is 9.93. The summed E-state index contributed by atoms with van der Waals surface area (Å²) in [7, 11) is 7.91. The largest absolute Gasteiger partial charge is 0.354 e. The van der Waals surface area contributed by atoms with E-state index in [9.17, 15) is 0 Å². The van der Waals surface area contributed by atoms with Gasteiger partial charge in [0.25, 0.3) is 0 Å². The lowest BCUT2D eigenvalue weighted by Crippen LogP contribution is -2.48. The molecule has 0 spiro atoms. The van der Waals surface area contributed by atoms with Crippen LogP contribution in [-0.4, -0.2) is 69.1 Å². The smallest absolute Gasteiger partial charge is 0.191 e. The van der Waals surface area contributed by atoms with Gasteiger partial charge in [-0.25, -0.2) is 9.67 Å². The van der Waals surface area contributed by atoms with E-state index in [-0.39, 0.29) is 36.1 Å². The summed E-state index contributed by atoms with van der Waals surface area (Å²) in [6.07, 6.45) is 5.94. The van der Waals surface area contributed by atoms with Gasteiger partial charge in [0.1, 0.15) is 5.82 Å². The number of guanidine groups is 1. The molecule has 0 radical (unpaired) electrons. The topological polar surface area (TPSA) is 88.2 Å². The lowest BCUT2D eigenvalue weighted by Gasteiger charge is -2.28. The predicted octanol–water partition coefficient (Wildman–Crippen LogP) is 1.54. The minimum Gasteiger partial charge on any atom is -0.354 e. The lowest BCUT2D eigenvalue weighted by atomic mass is 10.1. The third-order valence-electron chi connectivity index (χ3n) is 5.15. The minimum atomic E-state index is 0. The van der Waals surface area contributed by atoms with E-state index >= 15 is 0 Å². The molecular weight excluding hydrogens is 481 g/mol. The Morgan fingerprint density at radius 1 is 1.38 bits per heavy atom. The van der Waals surface area contributed by atoms with Crippen LogP contribution in [0.3, 0.4) is 0 Å². The monoisotopic (exact) mass is 515 g/mol. The van der Waals surface area contributed by atoms with Crippen molar-refractivity contribution in [3.05, 3.63) is 29.6 Å². The predicted molar refractivity (Wildman–Crippen MR) is 126 cm³/mol. The number of nitrogens with one attached hydrogen (secondary N) is 2. The standard InChI is InChI=1S/C19H33N9.HI/c1-13(2)18-24-17-8-7-15(12-28(17)25-18)23-19(20-3)21-10-16(26(4)5)14-9-22-27(6)11-14;/h9,11,13,15-16H,7-8,10,12H2,1-6H3,(H2,20,21,23);1H. The number of hydrogen-bond donors (Lipinski definition) is 2. The Morgan fingerprint density at radius 3 is 2.72 bits per heavy atom. The van der Waals surface area contributed by atoms with Gasteiger partial charge in [-0.2, -0.15) is 10.2 Å². The molecule has 3 rings (SSSR count). The summed E-state index contributed by atoms with van der Waals surface area (Å²) in [6, 6.07) is 0.505. The highest BCUT2D eigenvalue weighted by Gasteiger charge is 2.23. The number of aliphatic imine (C=N–C) groups is 1. The summed E-state index contributed by atoms with van der Waals surface area (Å²) in [5, 5.41) is 16.0. The molecule has 2 unspecified atom stereocenters. The van der Waals surface area contributed by atoms with Gasteiger partial charge >= 0.3 is 0 Å². The molecule has 0 saturated heterocycles. The molecule has 162 valence electrons. The number of nitrogens with zero attached hydrogens (tertiary/aromatic N) is 7. The summed E-state index contributed by atoms with van der Waals surface area (Å²) in [4.78, 5) is 11.3. The first-order chi connectivity index (χ1) is 13.4. The zero-order valence-electron chi connectivity index (χ0n) is 18.3. The summed E-state index contributed by atoms with van der Waals surface area (Å²) in [5.41, 5.74) is 1.18. The van der Waals surface area contributed by atoms with Crippen LogP contribution in [0.5, 0.6) is 0 Å². The van der Waals surface area contributed by atoms with E-state index in [1.165, 1.54) is 5.56 Å². The van der Waals surface area contributed by atoms with Crippen LogP contribution in [0.25, 0.3) is 0 Å². The zero-order valence-corrected chi connectivity index (χ0v) is 20.6. The maximum absolute atomic E-state index is 4.66. The third kappa shape index (κ3) is 5.91. The van der Waals surface area contributed by atoms with E-state index in [1.807, 2.05) is 29.7 Å². The molecule has 0 aromatic carbocycles. The van der Waals surface area contributed by atoms with Crippen LogP contribution < -0.4 is 10.6 Å². The van der Waals surface area contributed by atoms with E-state index in [4.69, 9.17) is 0 Å². The van der Waals surface area contributed by atoms with Crippen molar-refractivity contribution in [2.24, 2.45) is 12.0 Å². The molecule has 9 nitrogen and oxygen atoms in total. The normalized spacial score (nSPS) is 17.8. The lowest BCUT2D eigenvalue weighted by molar-refractivity contribution is 0.297. The molecule has 0 fully saturated rings. The fraction of sp³-hybridized carbons (Fsp3) is 0.684. The van der Waals surface area contributed by atoms with Gasteiger partial charge in [-0.15, -0.1) is 24.0 Å². The third-order valence-corrected chi connectivity index (χ3v) is 5.15. The maximum atomic E-state index is 4.66. The van der Waals surface area contributed by atoms with Gasteiger partial charge in [-0.1, -0.05) is 13.8 Å². The van der Waals surface area contributed by atoms with Crippen molar-refractivity contribution in [2.75, 3.05) is 27.7 Å². The Kier molecular flexibility index (Phi) is 8.44. The van der Waals surface area contributed by atoms with Gasteiger partial charge in [0.2, 0.25) is 0 Å². The van der Waals surface area contributed by atoms with Crippen LogP contribution in [0, 0.1) is 0 Å². The van der Waals surface area contributed by atoms with Crippen molar-refractivity contribution in [3.63, 3.8) is 0 Å². The van der Waals surface area contributed by atoms with Gasteiger partial charge in [0.15, 0.2) is 11.8 Å². The van der Waals surface area contributed by atoms with E-state index in [2.05, 4.69) is 69.8 Å². The Balaban J connectivity index is 0.00000300. The number of likely N-dealkylation sites (N-methyl/N-ethyl adjacent to an activating group) is 1. The Morgan fingerprint density at radius 2 is 2.14 bits per heavy atom. The zero-order chi connectivity index (χ0) is 20.3. The highest BCUT2D eigenvalue weighted by Crippen LogP contribution is 2.18. The van der Waals surface area contributed by atoms with Crippen molar-refractivity contribution in [1.82, 2.24) is 40.1 Å². The number of rotatable bonds is 6. The second-order valence-electron chi connectivity index (χ2n) is 7.98. The molecule has 0 amide bonds. The number of aromatic nitrogens is 5. The van der Waals surface area contributed by atoms with Crippen LogP contribution in [0.15, 0.2) is 17.4 Å². The molecule has 1 aliphatic rings. The second kappa shape index (κ2) is 10.4. The molecule has 2 aromatic heterocycles. The van der Waals surface area contributed by atoms with E-state index < -0.39 is 0 Å². The van der Waals surface area contributed by atoms with Gasteiger partial charge in [0.05, 0.1) is 18.8 Å². The van der Waals surface area contributed by atoms with E-state index in [0.29, 0.717) is 5.92 Å². The Hall–Kier alpha value is -1.69. The summed E-state index contributed by atoms with van der Waals surface area (Å²) < 4.78 is 3.88. The molecule has 10 heteroatoms. The molecule has 0 bridgehead atoms. The summed E-state index contributed by atoms with van der Waals surface area (Å²) >= 11 is 0. The van der Waals surface area contributed by atoms with Crippen molar-refractivity contribution in [1.29, 1.82) is 0 Å². The van der Waals surface area contributed by atoms with Crippen molar-refractivity contribution >= 4 is 29.9 Å². The maximum Gasteiger partial charge on any atom is 0.191 e. The van der Waals surface area contributed by atoms with Crippen molar-refractivity contribution < 1.29 is 0 Å². The van der Waals surface area contributed by atoms with E-state index in [0.717, 1.165) is 43.5 Å². The molecule has 29 heavy (non-hydrogen) atoms. The SMILES string of the molecule is CN=C(NCC(c1cnn(C)c1)N(C)C)NC1CCc2nc(C(C)C)nn2C1.I. The molecule has 2 atom stereocenters. The fourth-order valence-electron chi connectivity index (χ4n) is 3.48. The molecule has 2 N–H and O–H groups in total. The summed E-state index contributed by atoms with van der Waals surface area (Å²) in [5.74, 6) is 3.19. The first-order valence-electron chi connectivity index (χ1n) is 9.93. The number of aryl methyl sites for hydroxylation is 2. The fourth-order valence-corrected chi connectivity index (χ4v) is 3.48. The minimum absolute atomic E-state index is 0. The van der Waals surface area contributed by atoms with Gasteiger partial charge in [-0.3, -0.25) is 9.67 Å². The van der Waals surface area contributed by atoms with Crippen LogP contribution in [0.4, 0.5) is 0 Å². The molecule has 1 aliphatic heterocycles. The molecule has 2 aromatic rings. The quantitative estimate of drug-likeness (QED) is 0.345. The highest BCUT2D eigenvalue weighted by atomic mass is 127. The number of hydrogen-bond acceptors (Lipinski definition) is 5. The van der Waals surface area contributed by atoms with Crippen LogP contribution >= 0.6 is 24.0 Å². The summed E-state index contributed by atoms with van der Waals surface area (Å²) in [6.45, 7) is 5.82. The van der Waals surface area contributed by atoms with E-state index in [1.54, 1.807) is 0 Å². The Bertz CT molecular complexity index is 808. The second-order valence-corrected chi connectivity index (χ2v) is 7.98. The van der Waals surface area contributed by atoms with Crippen LogP contribution in [0.1, 0.15) is 49.4 Å². The van der Waals surface area contributed by atoms with Crippen molar-refractivity contribution in [3.8, 4) is 0 Å². The molecule has 0 saturated carbocycles. The van der Waals surface area contributed by atoms with Crippen molar-refractivity contribution in [2.45, 2.75) is 51.2 Å². The first kappa shape index (κ1) is 23.6. The van der Waals surface area contributed by atoms with Gasteiger partial charge < -0.3 is 15.5 Å². The Labute approximate surface area is 190 Å². The van der Waals surface area contributed by atoms with Gasteiger partial charge in [0, 0.05) is 50.8 Å². The average molecular weight is 515 g/mol. The average Bonchev–Trinajstić information content (AvgIpc) is 3.26. The molecular formula is C19H34IN9. The molecule has 0 aliphatic carbocycles. The van der Waals surface area contributed by atoms with Crippen LogP contribution in [-0.2, 0) is 20.0 Å². The van der Waals surface area contributed by atoms with Crippen LogP contribution in [0.2, 0.25) is 0 Å². The number of halogens is 1. The number of fused-ring (bicyclic) bond motifs is 1. The van der Waals surface area contributed by atoms with Gasteiger partial charge in [-0.05, 0) is 20.5 Å². The molecule has 3 heterocycles.